The first-order chi connectivity index (χ1) is 7.58. The maximum Gasteiger partial charge on any atom is 0.372 e. The van der Waals surface area contributed by atoms with Gasteiger partial charge < -0.3 is 9.67 Å². The largest absolute Gasteiger partial charge is 0.475 e. The summed E-state index contributed by atoms with van der Waals surface area (Å²) in [7, 11) is 1.87. The van der Waals surface area contributed by atoms with Crippen LogP contribution in [0.2, 0.25) is 0 Å². The van der Waals surface area contributed by atoms with Crippen LogP contribution in [-0.2, 0) is 23.1 Å². The molecule has 0 saturated carbocycles. The Labute approximate surface area is 91.3 Å². The molecule has 0 saturated heterocycles. The van der Waals surface area contributed by atoms with Crippen molar-refractivity contribution in [1.29, 1.82) is 0 Å². The highest BCUT2D eigenvalue weighted by Crippen LogP contribution is 2.14. The van der Waals surface area contributed by atoms with Gasteiger partial charge in [-0.2, -0.15) is 0 Å². The highest BCUT2D eigenvalue weighted by Gasteiger charge is 2.12. The summed E-state index contributed by atoms with van der Waals surface area (Å²) >= 11 is 0. The minimum atomic E-state index is -1.40. The van der Waals surface area contributed by atoms with Crippen LogP contribution in [0.5, 0.6) is 0 Å². The number of nitrogens with zero attached hydrogens (tertiary/aromatic N) is 2. The van der Waals surface area contributed by atoms with Crippen molar-refractivity contribution in [2.45, 2.75) is 6.42 Å². The molecular weight excluding hydrogens is 208 g/mol. The van der Waals surface area contributed by atoms with Gasteiger partial charge in [0.25, 0.3) is 0 Å². The van der Waals surface area contributed by atoms with Crippen LogP contribution in [0, 0.1) is 0 Å². The lowest BCUT2D eigenvalue weighted by molar-refractivity contribution is -0.148. The Kier molecular flexibility index (Phi) is 2.44. The van der Waals surface area contributed by atoms with E-state index < -0.39 is 11.8 Å². The van der Waals surface area contributed by atoms with Gasteiger partial charge in [0.15, 0.2) is 0 Å². The minimum Gasteiger partial charge on any atom is -0.475 e. The number of imidazole rings is 1. The number of rotatable bonds is 3. The van der Waals surface area contributed by atoms with Gasteiger partial charge in [-0.25, -0.2) is 9.78 Å². The SMILES string of the molecule is Cn1cnc2cc(CC(=O)C(=O)O)ccc21. The van der Waals surface area contributed by atoms with Crippen LogP contribution in [0.4, 0.5) is 0 Å². The number of aryl methyl sites for hydroxylation is 1. The van der Waals surface area contributed by atoms with Crippen molar-refractivity contribution in [3.63, 3.8) is 0 Å². The summed E-state index contributed by atoms with van der Waals surface area (Å²) in [6, 6.07) is 5.30. The summed E-state index contributed by atoms with van der Waals surface area (Å²) in [6.45, 7) is 0. The molecule has 1 aromatic heterocycles. The normalized spacial score (nSPS) is 10.6. The molecule has 0 fully saturated rings. The predicted octanol–water partition coefficient (Wildman–Crippen LogP) is 0.769. The molecule has 2 aromatic rings. The van der Waals surface area contributed by atoms with Gasteiger partial charge in [0.05, 0.1) is 17.4 Å². The van der Waals surface area contributed by atoms with E-state index >= 15 is 0 Å². The van der Waals surface area contributed by atoms with E-state index in [1.807, 2.05) is 17.7 Å². The molecule has 2 rings (SSSR count). The number of ketones is 1. The van der Waals surface area contributed by atoms with Crippen LogP contribution in [0.15, 0.2) is 24.5 Å². The second kappa shape index (κ2) is 3.77. The number of benzene rings is 1. The first kappa shape index (κ1) is 10.4. The Morgan fingerprint density at radius 2 is 2.19 bits per heavy atom. The van der Waals surface area contributed by atoms with E-state index in [-0.39, 0.29) is 6.42 Å². The summed E-state index contributed by atoms with van der Waals surface area (Å²) < 4.78 is 1.86. The quantitative estimate of drug-likeness (QED) is 0.772. The molecule has 0 aliphatic rings. The van der Waals surface area contributed by atoms with Crippen LogP contribution in [-0.4, -0.2) is 26.4 Å². The first-order valence-electron chi connectivity index (χ1n) is 4.74. The number of carboxylic acid groups (broad SMARTS) is 1. The van der Waals surface area contributed by atoms with E-state index in [0.29, 0.717) is 5.56 Å². The number of hydrogen-bond donors (Lipinski definition) is 1. The zero-order chi connectivity index (χ0) is 11.7. The second-order valence-corrected chi connectivity index (χ2v) is 3.58. The van der Waals surface area contributed by atoms with Gasteiger partial charge in [-0.1, -0.05) is 6.07 Å². The van der Waals surface area contributed by atoms with Gasteiger partial charge in [-0.3, -0.25) is 4.79 Å². The third-order valence-corrected chi connectivity index (χ3v) is 2.39. The number of carbonyl (C=O) groups is 2. The van der Waals surface area contributed by atoms with Gasteiger partial charge in [0, 0.05) is 13.5 Å². The van der Waals surface area contributed by atoms with Crippen LogP contribution in [0.1, 0.15) is 5.56 Å². The lowest BCUT2D eigenvalue weighted by Crippen LogP contribution is -2.14. The summed E-state index contributed by atoms with van der Waals surface area (Å²) in [5.74, 6) is -2.21. The molecule has 5 nitrogen and oxygen atoms in total. The topological polar surface area (TPSA) is 72.2 Å². The molecule has 0 aliphatic heterocycles. The van der Waals surface area contributed by atoms with E-state index in [1.165, 1.54) is 0 Å². The van der Waals surface area contributed by atoms with Crippen LogP contribution in [0.3, 0.4) is 0 Å². The van der Waals surface area contributed by atoms with E-state index in [2.05, 4.69) is 4.98 Å². The standard InChI is InChI=1S/C11H10N2O3/c1-13-6-12-8-4-7(2-3-9(8)13)5-10(14)11(15)16/h2-4,6H,5H2,1H3,(H,15,16). The molecule has 1 heterocycles. The number of fused-ring (bicyclic) bond motifs is 1. The van der Waals surface area contributed by atoms with Gasteiger partial charge in [-0.15, -0.1) is 0 Å². The smallest absolute Gasteiger partial charge is 0.372 e. The summed E-state index contributed by atoms with van der Waals surface area (Å²) in [5, 5.41) is 8.49. The number of aromatic nitrogens is 2. The van der Waals surface area contributed by atoms with Crippen molar-refractivity contribution >= 4 is 22.8 Å². The number of carboxylic acids is 1. The zero-order valence-electron chi connectivity index (χ0n) is 8.67. The fourth-order valence-electron chi connectivity index (χ4n) is 1.55. The fourth-order valence-corrected chi connectivity index (χ4v) is 1.55. The number of Topliss-reactive ketones (excluding diaryl/α,β-unsaturated/α-hetero) is 1. The predicted molar refractivity (Wildman–Crippen MR) is 57.1 cm³/mol. The van der Waals surface area contributed by atoms with Gasteiger partial charge >= 0.3 is 5.97 Å². The monoisotopic (exact) mass is 218 g/mol. The molecule has 16 heavy (non-hydrogen) atoms. The van der Waals surface area contributed by atoms with Crippen molar-refractivity contribution < 1.29 is 14.7 Å². The Bertz CT molecular complexity index is 572. The third kappa shape index (κ3) is 1.79. The van der Waals surface area contributed by atoms with Crippen molar-refractivity contribution in [3.05, 3.63) is 30.1 Å². The summed E-state index contributed by atoms with van der Waals surface area (Å²) in [4.78, 5) is 25.6. The lowest BCUT2D eigenvalue weighted by Gasteiger charge is -1.99. The van der Waals surface area contributed by atoms with E-state index in [4.69, 9.17) is 5.11 Å². The summed E-state index contributed by atoms with van der Waals surface area (Å²) in [5.41, 5.74) is 2.38. The molecule has 0 amide bonds. The number of carbonyl (C=O) groups excluding carboxylic acids is 1. The lowest BCUT2D eigenvalue weighted by atomic mass is 10.1. The van der Waals surface area contributed by atoms with E-state index in [9.17, 15) is 9.59 Å². The van der Waals surface area contributed by atoms with Crippen LogP contribution < -0.4 is 0 Å². The second-order valence-electron chi connectivity index (χ2n) is 3.58. The van der Waals surface area contributed by atoms with Crippen molar-refractivity contribution in [2.24, 2.45) is 7.05 Å². The molecule has 0 bridgehead atoms. The molecule has 0 aliphatic carbocycles. The Morgan fingerprint density at radius 1 is 1.44 bits per heavy atom. The van der Waals surface area contributed by atoms with Gasteiger partial charge in [-0.05, 0) is 17.7 Å². The van der Waals surface area contributed by atoms with Crippen LogP contribution >= 0.6 is 0 Å². The molecule has 0 spiro atoms. The fraction of sp³-hybridized carbons (Fsp3) is 0.182. The molecule has 0 unspecified atom stereocenters. The molecule has 82 valence electrons. The molecular formula is C11H10N2O3. The van der Waals surface area contributed by atoms with E-state index in [0.717, 1.165) is 11.0 Å². The Hall–Kier alpha value is -2.17. The minimum absolute atomic E-state index is 0.0954. The first-order valence-corrected chi connectivity index (χ1v) is 4.74. The van der Waals surface area contributed by atoms with Crippen molar-refractivity contribution in [1.82, 2.24) is 9.55 Å². The zero-order valence-corrected chi connectivity index (χ0v) is 8.67. The molecule has 5 heteroatoms. The Morgan fingerprint density at radius 3 is 2.88 bits per heavy atom. The van der Waals surface area contributed by atoms with Gasteiger partial charge in [0.2, 0.25) is 5.78 Å². The Balaban J connectivity index is 2.33. The number of hydrogen-bond acceptors (Lipinski definition) is 3. The van der Waals surface area contributed by atoms with Crippen molar-refractivity contribution in [3.8, 4) is 0 Å². The molecule has 0 atom stereocenters. The maximum atomic E-state index is 11.0. The maximum absolute atomic E-state index is 11.0. The van der Waals surface area contributed by atoms with Crippen molar-refractivity contribution in [2.75, 3.05) is 0 Å². The average molecular weight is 218 g/mol. The molecule has 1 aromatic carbocycles. The third-order valence-electron chi connectivity index (χ3n) is 2.39. The number of aliphatic carboxylic acids is 1. The molecule has 1 N–H and O–H groups in total. The molecule has 0 radical (unpaired) electrons. The van der Waals surface area contributed by atoms with Gasteiger partial charge in [0.1, 0.15) is 0 Å². The highest BCUT2D eigenvalue weighted by molar-refractivity contribution is 6.33. The summed E-state index contributed by atoms with van der Waals surface area (Å²) in [6.07, 6.45) is 1.58. The van der Waals surface area contributed by atoms with Crippen LogP contribution in [0.25, 0.3) is 11.0 Å². The van der Waals surface area contributed by atoms with E-state index in [1.54, 1.807) is 18.5 Å². The highest BCUT2D eigenvalue weighted by atomic mass is 16.4. The average Bonchev–Trinajstić information content (AvgIpc) is 2.60.